The average Bonchev–Trinajstić information content (AvgIpc) is 4.20. The smallest absolute Gasteiger partial charge is 0.0727 e. The minimum atomic E-state index is -0.615. The molecular weight excluding hydrogens is 933 g/mol. The van der Waals surface area contributed by atoms with E-state index in [0.29, 0.717) is 0 Å². The van der Waals surface area contributed by atoms with Crippen molar-refractivity contribution in [1.29, 1.82) is 0 Å². The normalized spacial score (nSPS) is 12.5. The van der Waals surface area contributed by atoms with E-state index in [1.807, 2.05) is 18.2 Å². The SMILES string of the molecule is C=C/C=C\C=C/N(c1ccc(N(c2ccccc2)c2ccccc2)cc1)c1ccc2c(c1)C1(c3ccccc3-c3ccccc31)c1cc(N(c3ccccc3)c3ccc(N(c4ccccc4)c4ccccc4)cc3)ccc1-2. The van der Waals surface area contributed by atoms with E-state index in [4.69, 9.17) is 0 Å². The first-order valence-corrected chi connectivity index (χ1v) is 26.3. The first kappa shape index (κ1) is 46.6. The Morgan fingerprint density at radius 2 is 0.545 bits per heavy atom. The van der Waals surface area contributed by atoms with Crippen LogP contribution >= 0.6 is 0 Å². The fraction of sp³-hybridized carbons (Fsp3) is 0.0137. The molecular formula is C73H54N4. The summed E-state index contributed by atoms with van der Waals surface area (Å²) in [6.07, 6.45) is 10.1. The fourth-order valence-electron chi connectivity index (χ4n) is 11.7. The van der Waals surface area contributed by atoms with Crippen LogP contribution in [0, 0.1) is 0 Å². The van der Waals surface area contributed by atoms with Gasteiger partial charge in [-0.3, -0.25) is 0 Å². The van der Waals surface area contributed by atoms with Crippen LogP contribution in [0.2, 0.25) is 0 Å². The van der Waals surface area contributed by atoms with E-state index >= 15 is 0 Å². The maximum Gasteiger partial charge on any atom is 0.0727 e. The van der Waals surface area contributed by atoms with Gasteiger partial charge in [-0.25, -0.2) is 0 Å². The number of hydrogen-bond donors (Lipinski definition) is 0. The summed E-state index contributed by atoms with van der Waals surface area (Å²) in [7, 11) is 0. The fourth-order valence-corrected chi connectivity index (χ4v) is 11.7. The molecule has 366 valence electrons. The number of rotatable bonds is 14. The largest absolute Gasteiger partial charge is 0.317 e. The minimum absolute atomic E-state index is 0.615. The Labute approximate surface area is 452 Å². The summed E-state index contributed by atoms with van der Waals surface area (Å²) in [6.45, 7) is 3.94. The number of fused-ring (bicyclic) bond motifs is 10. The molecule has 2 aliphatic rings. The zero-order chi connectivity index (χ0) is 51.5. The molecule has 0 heterocycles. The highest BCUT2D eigenvalue weighted by Crippen LogP contribution is 2.64. The van der Waals surface area contributed by atoms with Crippen LogP contribution in [0.1, 0.15) is 22.3 Å². The standard InChI is InChI=1S/C73H54N4/c1-2-3-4-24-51-74(54-39-41-60(42-40-54)75(55-25-10-5-11-26-55)56-27-12-6-13-28-56)63-47-49-67-68-50-48-64(53-72(68)73(71(67)52-63)69-37-22-20-35-65(69)66-36-21-23-38-70(66)73)77(59-33-18-9-19-34-59)62-45-43-61(44-46-62)76(57-29-14-7-15-30-57)58-31-16-8-17-32-58/h2-53H,1H2/b4-3-,51-24-. The lowest BCUT2D eigenvalue weighted by atomic mass is 9.70. The zero-order valence-corrected chi connectivity index (χ0v) is 42.5. The molecule has 0 saturated heterocycles. The van der Waals surface area contributed by atoms with Crippen LogP contribution in [-0.2, 0) is 5.41 Å². The van der Waals surface area contributed by atoms with Crippen LogP contribution in [0.4, 0.5) is 62.6 Å². The van der Waals surface area contributed by atoms with Gasteiger partial charge in [0, 0.05) is 68.8 Å². The van der Waals surface area contributed by atoms with Gasteiger partial charge in [0.1, 0.15) is 0 Å². The predicted molar refractivity (Wildman–Crippen MR) is 324 cm³/mol. The number of anilines is 11. The van der Waals surface area contributed by atoms with Crippen molar-refractivity contribution in [2.24, 2.45) is 0 Å². The highest BCUT2D eigenvalue weighted by Gasteiger charge is 2.52. The van der Waals surface area contributed by atoms with E-state index in [-0.39, 0.29) is 0 Å². The van der Waals surface area contributed by atoms with Gasteiger partial charge in [0.15, 0.2) is 0 Å². The molecule has 0 radical (unpaired) electrons. The summed E-state index contributed by atoms with van der Waals surface area (Å²) in [5.41, 5.74) is 21.3. The molecule has 4 heteroatoms. The number of benzene rings is 11. The molecule has 11 aromatic carbocycles. The first-order chi connectivity index (χ1) is 38.2. The Balaban J connectivity index is 0.956. The Hall–Kier alpha value is -10.2. The minimum Gasteiger partial charge on any atom is -0.317 e. The highest BCUT2D eigenvalue weighted by molar-refractivity contribution is 5.97. The van der Waals surface area contributed by atoms with E-state index in [1.54, 1.807) is 0 Å². The summed E-state index contributed by atoms with van der Waals surface area (Å²) in [5, 5.41) is 0. The van der Waals surface area contributed by atoms with Crippen molar-refractivity contribution < 1.29 is 0 Å². The molecule has 0 fully saturated rings. The first-order valence-electron chi connectivity index (χ1n) is 26.3. The van der Waals surface area contributed by atoms with Crippen LogP contribution < -0.4 is 19.6 Å². The summed E-state index contributed by atoms with van der Waals surface area (Å²) in [4.78, 5) is 9.32. The van der Waals surface area contributed by atoms with E-state index < -0.39 is 5.41 Å². The second-order valence-electron chi connectivity index (χ2n) is 19.3. The Kier molecular flexibility index (Phi) is 12.3. The van der Waals surface area contributed by atoms with Gasteiger partial charge in [-0.1, -0.05) is 176 Å². The molecule has 0 N–H and O–H groups in total. The molecule has 77 heavy (non-hydrogen) atoms. The summed E-state index contributed by atoms with van der Waals surface area (Å²) >= 11 is 0. The summed E-state index contributed by atoms with van der Waals surface area (Å²) in [5.74, 6) is 0. The number of nitrogens with zero attached hydrogens (tertiary/aromatic N) is 4. The van der Waals surface area contributed by atoms with Crippen LogP contribution in [0.25, 0.3) is 22.3 Å². The lowest BCUT2D eigenvalue weighted by Crippen LogP contribution is -2.26. The van der Waals surface area contributed by atoms with E-state index in [1.165, 1.54) is 44.5 Å². The van der Waals surface area contributed by atoms with Crippen molar-refractivity contribution >= 4 is 62.6 Å². The molecule has 2 aliphatic carbocycles. The highest BCUT2D eigenvalue weighted by atomic mass is 15.2. The number of para-hydroxylation sites is 5. The molecule has 4 nitrogen and oxygen atoms in total. The van der Waals surface area contributed by atoms with Crippen molar-refractivity contribution in [3.05, 3.63) is 344 Å². The van der Waals surface area contributed by atoms with Gasteiger partial charge in [0.05, 0.1) is 5.41 Å². The van der Waals surface area contributed by atoms with Crippen molar-refractivity contribution in [1.82, 2.24) is 0 Å². The van der Waals surface area contributed by atoms with Crippen LogP contribution in [0.3, 0.4) is 0 Å². The molecule has 1 spiro atoms. The van der Waals surface area contributed by atoms with Gasteiger partial charge in [-0.05, 0) is 184 Å². The third kappa shape index (κ3) is 8.30. The summed E-state index contributed by atoms with van der Waals surface area (Å²) < 4.78 is 0. The average molecular weight is 987 g/mol. The van der Waals surface area contributed by atoms with Gasteiger partial charge < -0.3 is 19.6 Å². The number of allylic oxidation sites excluding steroid dienone is 4. The molecule has 0 bridgehead atoms. The van der Waals surface area contributed by atoms with Gasteiger partial charge in [-0.15, -0.1) is 0 Å². The molecule has 0 atom stereocenters. The maximum atomic E-state index is 3.94. The quantitative estimate of drug-likeness (QED) is 0.101. The van der Waals surface area contributed by atoms with Crippen molar-refractivity contribution in [3.63, 3.8) is 0 Å². The third-order valence-electron chi connectivity index (χ3n) is 15.0. The molecule has 13 rings (SSSR count). The molecule has 0 aliphatic heterocycles. The van der Waals surface area contributed by atoms with Gasteiger partial charge in [0.25, 0.3) is 0 Å². The molecule has 0 aromatic heterocycles. The Morgan fingerprint density at radius 3 is 0.948 bits per heavy atom. The van der Waals surface area contributed by atoms with Crippen LogP contribution in [0.15, 0.2) is 322 Å². The second-order valence-corrected chi connectivity index (χ2v) is 19.3. The zero-order valence-electron chi connectivity index (χ0n) is 42.5. The lowest BCUT2D eigenvalue weighted by Gasteiger charge is -2.33. The predicted octanol–water partition coefficient (Wildman–Crippen LogP) is 19.8. The topological polar surface area (TPSA) is 13.0 Å². The van der Waals surface area contributed by atoms with E-state index in [9.17, 15) is 0 Å². The molecule has 0 unspecified atom stereocenters. The van der Waals surface area contributed by atoms with Crippen molar-refractivity contribution in [3.8, 4) is 22.3 Å². The van der Waals surface area contributed by atoms with E-state index in [0.717, 1.165) is 62.6 Å². The molecule has 0 saturated carbocycles. The number of hydrogen-bond acceptors (Lipinski definition) is 4. The van der Waals surface area contributed by atoms with Crippen molar-refractivity contribution in [2.45, 2.75) is 5.41 Å². The Morgan fingerprint density at radius 1 is 0.247 bits per heavy atom. The van der Waals surface area contributed by atoms with Crippen LogP contribution in [-0.4, -0.2) is 0 Å². The second kappa shape index (κ2) is 20.3. The van der Waals surface area contributed by atoms with Gasteiger partial charge in [0.2, 0.25) is 0 Å². The summed E-state index contributed by atoms with van der Waals surface area (Å²) in [6, 6.07) is 103. The van der Waals surface area contributed by atoms with Crippen molar-refractivity contribution in [2.75, 3.05) is 19.6 Å². The third-order valence-corrected chi connectivity index (χ3v) is 15.0. The molecule has 0 amide bonds. The van der Waals surface area contributed by atoms with Crippen LogP contribution in [0.5, 0.6) is 0 Å². The van der Waals surface area contributed by atoms with Gasteiger partial charge >= 0.3 is 0 Å². The maximum absolute atomic E-state index is 3.94. The van der Waals surface area contributed by atoms with Gasteiger partial charge in [-0.2, -0.15) is 0 Å². The Bertz CT molecular complexity index is 3800. The monoisotopic (exact) mass is 986 g/mol. The lowest BCUT2D eigenvalue weighted by molar-refractivity contribution is 0.793. The van der Waals surface area contributed by atoms with E-state index in [2.05, 4.69) is 324 Å². The molecule has 11 aromatic rings.